The number of nitrogens with zero attached hydrogens (tertiary/aromatic N) is 2. The van der Waals surface area contributed by atoms with Crippen molar-refractivity contribution in [1.29, 1.82) is 0 Å². The van der Waals surface area contributed by atoms with E-state index in [-0.39, 0.29) is 24.3 Å². The molecule has 8 heteroatoms. The van der Waals surface area contributed by atoms with Crippen molar-refractivity contribution in [3.05, 3.63) is 64.7 Å². The summed E-state index contributed by atoms with van der Waals surface area (Å²) in [5.74, 6) is 0.717. The number of benzene rings is 2. The standard InChI is InChI=1S/C23H23N3O4S/c1-14-8-15-6-4-5-7-20(15)26(14)21(27)11-17-13-31-23(24-17)25-22(28)16-9-18(29-2)12-19(10-16)30-3/h4-7,9-10,12-14H,8,11H2,1-3H3,(H,24,25,28)/t14-/m0/s1. The first kappa shape index (κ1) is 20.9. The van der Waals surface area contributed by atoms with Crippen molar-refractivity contribution in [3.63, 3.8) is 0 Å². The summed E-state index contributed by atoms with van der Waals surface area (Å²) in [5, 5.41) is 5.01. The third kappa shape index (κ3) is 4.39. The Morgan fingerprint density at radius 2 is 1.87 bits per heavy atom. The van der Waals surface area contributed by atoms with Gasteiger partial charge in [0.25, 0.3) is 5.91 Å². The predicted octanol–water partition coefficient (Wildman–Crippen LogP) is 3.93. The number of carbonyl (C=O) groups is 2. The molecule has 2 amide bonds. The van der Waals surface area contributed by atoms with Gasteiger partial charge in [-0.05, 0) is 37.1 Å². The maximum atomic E-state index is 13.0. The highest BCUT2D eigenvalue weighted by Crippen LogP contribution is 2.32. The van der Waals surface area contributed by atoms with E-state index in [1.165, 1.54) is 31.1 Å². The van der Waals surface area contributed by atoms with Crippen molar-refractivity contribution in [2.24, 2.45) is 0 Å². The monoisotopic (exact) mass is 437 g/mol. The molecule has 31 heavy (non-hydrogen) atoms. The fourth-order valence-corrected chi connectivity index (χ4v) is 4.44. The molecule has 1 N–H and O–H groups in total. The Kier molecular flexibility index (Phi) is 5.90. The summed E-state index contributed by atoms with van der Waals surface area (Å²) in [6, 6.07) is 13.0. The van der Waals surface area contributed by atoms with Crippen LogP contribution in [0.15, 0.2) is 47.8 Å². The van der Waals surface area contributed by atoms with Gasteiger partial charge in [0.2, 0.25) is 5.91 Å². The quantitative estimate of drug-likeness (QED) is 0.632. The van der Waals surface area contributed by atoms with Crippen LogP contribution in [0, 0.1) is 0 Å². The molecule has 0 aliphatic carbocycles. The van der Waals surface area contributed by atoms with Crippen LogP contribution in [0.3, 0.4) is 0 Å². The second kappa shape index (κ2) is 8.77. The highest BCUT2D eigenvalue weighted by atomic mass is 32.1. The zero-order chi connectivity index (χ0) is 22.0. The van der Waals surface area contributed by atoms with Crippen LogP contribution in [0.5, 0.6) is 11.5 Å². The Balaban J connectivity index is 1.44. The molecular formula is C23H23N3O4S. The summed E-state index contributed by atoms with van der Waals surface area (Å²) in [6.45, 7) is 2.05. The first-order chi connectivity index (χ1) is 15.0. The molecule has 1 atom stereocenters. The molecule has 3 aromatic rings. The molecule has 0 unspecified atom stereocenters. The van der Waals surface area contributed by atoms with Crippen LogP contribution in [0.1, 0.15) is 28.5 Å². The lowest BCUT2D eigenvalue weighted by Crippen LogP contribution is -2.36. The normalized spacial score (nSPS) is 14.8. The van der Waals surface area contributed by atoms with Gasteiger partial charge in [0, 0.05) is 28.7 Å². The molecule has 0 fully saturated rings. The van der Waals surface area contributed by atoms with Gasteiger partial charge in [-0.1, -0.05) is 18.2 Å². The number of nitrogens with one attached hydrogen (secondary N) is 1. The minimum absolute atomic E-state index is 0.00170. The van der Waals surface area contributed by atoms with Crippen molar-refractivity contribution in [3.8, 4) is 11.5 Å². The lowest BCUT2D eigenvalue weighted by Gasteiger charge is -2.22. The topological polar surface area (TPSA) is 80.8 Å². The lowest BCUT2D eigenvalue weighted by atomic mass is 10.1. The third-order valence-corrected chi connectivity index (χ3v) is 6.00. The first-order valence-electron chi connectivity index (χ1n) is 9.87. The largest absolute Gasteiger partial charge is 0.497 e. The third-order valence-electron chi connectivity index (χ3n) is 5.19. The number of fused-ring (bicyclic) bond motifs is 1. The van der Waals surface area contributed by atoms with Crippen LogP contribution in [-0.4, -0.2) is 37.1 Å². The molecule has 1 aliphatic heterocycles. The van der Waals surface area contributed by atoms with E-state index in [1.807, 2.05) is 30.0 Å². The SMILES string of the molecule is COc1cc(OC)cc(C(=O)Nc2nc(CC(=O)N3c4ccccc4C[C@@H]3C)cs2)c1. The number of methoxy groups -OCH3 is 2. The molecule has 1 aromatic heterocycles. The molecular weight excluding hydrogens is 414 g/mol. The number of hydrogen-bond donors (Lipinski definition) is 1. The van der Waals surface area contributed by atoms with Crippen LogP contribution < -0.4 is 19.7 Å². The second-order valence-corrected chi connectivity index (χ2v) is 8.18. The molecule has 7 nitrogen and oxygen atoms in total. The number of rotatable bonds is 6. The zero-order valence-electron chi connectivity index (χ0n) is 17.5. The summed E-state index contributed by atoms with van der Waals surface area (Å²) < 4.78 is 10.4. The Morgan fingerprint density at radius 1 is 1.16 bits per heavy atom. The molecule has 0 spiro atoms. The van der Waals surface area contributed by atoms with Gasteiger partial charge < -0.3 is 14.4 Å². The molecule has 1 aliphatic rings. The van der Waals surface area contributed by atoms with Gasteiger partial charge >= 0.3 is 0 Å². The molecule has 2 heterocycles. The van der Waals surface area contributed by atoms with Crippen LogP contribution in [0.4, 0.5) is 10.8 Å². The number of amides is 2. The molecule has 0 saturated carbocycles. The lowest BCUT2D eigenvalue weighted by molar-refractivity contribution is -0.118. The van der Waals surface area contributed by atoms with Crippen molar-refractivity contribution in [1.82, 2.24) is 4.98 Å². The molecule has 160 valence electrons. The number of hydrogen-bond acceptors (Lipinski definition) is 6. The summed E-state index contributed by atoms with van der Waals surface area (Å²) in [7, 11) is 3.06. The summed E-state index contributed by atoms with van der Waals surface area (Å²) in [4.78, 5) is 31.9. The van der Waals surface area contributed by atoms with Crippen molar-refractivity contribution >= 4 is 34.0 Å². The van der Waals surface area contributed by atoms with E-state index >= 15 is 0 Å². The number of aromatic nitrogens is 1. The average molecular weight is 438 g/mol. The number of anilines is 2. The molecule has 4 rings (SSSR count). The van der Waals surface area contributed by atoms with E-state index in [0.29, 0.717) is 27.9 Å². The Bertz CT molecular complexity index is 1110. The highest BCUT2D eigenvalue weighted by molar-refractivity contribution is 7.14. The van der Waals surface area contributed by atoms with E-state index in [2.05, 4.69) is 16.4 Å². The average Bonchev–Trinajstić information content (AvgIpc) is 3.35. The summed E-state index contributed by atoms with van der Waals surface area (Å²) in [6.07, 6.45) is 1.03. The van der Waals surface area contributed by atoms with Gasteiger partial charge in [0.05, 0.1) is 26.3 Å². The van der Waals surface area contributed by atoms with Crippen LogP contribution in [-0.2, 0) is 17.6 Å². The molecule has 0 radical (unpaired) electrons. The predicted molar refractivity (Wildman–Crippen MR) is 120 cm³/mol. The summed E-state index contributed by atoms with van der Waals surface area (Å²) in [5.41, 5.74) is 3.18. The Morgan fingerprint density at radius 3 is 2.58 bits per heavy atom. The van der Waals surface area contributed by atoms with Gasteiger partial charge in [0.15, 0.2) is 5.13 Å². The van der Waals surface area contributed by atoms with E-state index in [1.54, 1.807) is 23.6 Å². The van der Waals surface area contributed by atoms with Gasteiger partial charge in [-0.2, -0.15) is 0 Å². The second-order valence-electron chi connectivity index (χ2n) is 7.32. The van der Waals surface area contributed by atoms with E-state index in [4.69, 9.17) is 9.47 Å². The van der Waals surface area contributed by atoms with Gasteiger partial charge in [-0.3, -0.25) is 14.9 Å². The zero-order valence-corrected chi connectivity index (χ0v) is 18.4. The number of para-hydroxylation sites is 1. The fraction of sp³-hybridized carbons (Fsp3) is 0.261. The van der Waals surface area contributed by atoms with Crippen molar-refractivity contribution in [2.75, 3.05) is 24.4 Å². The number of ether oxygens (including phenoxy) is 2. The maximum Gasteiger partial charge on any atom is 0.257 e. The van der Waals surface area contributed by atoms with Gasteiger partial charge in [-0.15, -0.1) is 11.3 Å². The van der Waals surface area contributed by atoms with Crippen molar-refractivity contribution in [2.45, 2.75) is 25.8 Å². The van der Waals surface area contributed by atoms with Crippen molar-refractivity contribution < 1.29 is 19.1 Å². The number of carbonyl (C=O) groups excluding carboxylic acids is 2. The summed E-state index contributed by atoms with van der Waals surface area (Å²) >= 11 is 1.29. The number of thiazole rings is 1. The Hall–Kier alpha value is -3.39. The van der Waals surface area contributed by atoms with Crippen LogP contribution in [0.2, 0.25) is 0 Å². The Labute approximate surface area is 184 Å². The van der Waals surface area contributed by atoms with E-state index in [0.717, 1.165) is 12.1 Å². The molecule has 0 bridgehead atoms. The minimum atomic E-state index is -0.327. The first-order valence-corrected chi connectivity index (χ1v) is 10.7. The van der Waals surface area contributed by atoms with Gasteiger partial charge in [-0.25, -0.2) is 4.98 Å². The highest BCUT2D eigenvalue weighted by Gasteiger charge is 2.30. The molecule has 0 saturated heterocycles. The maximum absolute atomic E-state index is 13.0. The van der Waals surface area contributed by atoms with Crippen LogP contribution in [0.25, 0.3) is 0 Å². The minimum Gasteiger partial charge on any atom is -0.497 e. The molecule has 2 aromatic carbocycles. The van der Waals surface area contributed by atoms with Crippen LogP contribution >= 0.6 is 11.3 Å². The van der Waals surface area contributed by atoms with E-state index in [9.17, 15) is 9.59 Å². The van der Waals surface area contributed by atoms with Gasteiger partial charge in [0.1, 0.15) is 11.5 Å². The fourth-order valence-electron chi connectivity index (χ4n) is 3.74. The van der Waals surface area contributed by atoms with E-state index < -0.39 is 0 Å². The smallest absolute Gasteiger partial charge is 0.257 e.